The van der Waals surface area contributed by atoms with Gasteiger partial charge in [-0.25, -0.2) is 4.79 Å². The van der Waals surface area contributed by atoms with Crippen molar-refractivity contribution in [2.75, 3.05) is 6.61 Å². The number of hydrogen-bond acceptors (Lipinski definition) is 3. The summed E-state index contributed by atoms with van der Waals surface area (Å²) >= 11 is 0. The van der Waals surface area contributed by atoms with Crippen molar-refractivity contribution in [2.45, 2.75) is 51.2 Å². The van der Waals surface area contributed by atoms with Crippen molar-refractivity contribution in [2.24, 2.45) is 0 Å². The van der Waals surface area contributed by atoms with Crippen LogP contribution in [0.25, 0.3) is 0 Å². The summed E-state index contributed by atoms with van der Waals surface area (Å²) in [4.78, 5) is 11.9. The Hall–Kier alpha value is -1.97. The van der Waals surface area contributed by atoms with Crippen LogP contribution in [-0.4, -0.2) is 23.8 Å². The van der Waals surface area contributed by atoms with E-state index in [9.17, 15) is 4.79 Å². The van der Waals surface area contributed by atoms with E-state index in [1.807, 2.05) is 51.1 Å². The Morgan fingerprint density at radius 3 is 2.64 bits per heavy atom. The Bertz CT molecular complexity index is 542. The van der Waals surface area contributed by atoms with Crippen LogP contribution < -0.4 is 10.1 Å². The smallest absolute Gasteiger partial charge is 0.408 e. The molecule has 1 fully saturated rings. The molecular formula is C18H25NO3. The number of alkyl carbamates (subject to hydrolysis) is 1. The highest BCUT2D eigenvalue weighted by Crippen LogP contribution is 2.36. The van der Waals surface area contributed by atoms with Crippen molar-refractivity contribution in [3.8, 4) is 5.75 Å². The molecule has 0 radical (unpaired) electrons. The minimum Gasteiger partial charge on any atom is -0.491 e. The van der Waals surface area contributed by atoms with Crippen molar-refractivity contribution in [3.05, 3.63) is 42.5 Å². The third-order valence-electron chi connectivity index (χ3n) is 3.46. The van der Waals surface area contributed by atoms with Gasteiger partial charge >= 0.3 is 6.09 Å². The molecule has 1 aromatic rings. The molecule has 1 amide bonds. The highest BCUT2D eigenvalue weighted by molar-refractivity contribution is 5.69. The van der Waals surface area contributed by atoms with Crippen LogP contribution in [0.4, 0.5) is 4.79 Å². The van der Waals surface area contributed by atoms with Gasteiger partial charge in [0.2, 0.25) is 0 Å². The second-order valence-electron chi connectivity index (χ2n) is 6.80. The number of allylic oxidation sites excluding steroid dienone is 1. The molecule has 0 unspecified atom stereocenters. The molecule has 0 spiro atoms. The first kappa shape index (κ1) is 16.4. The maximum absolute atomic E-state index is 11.9. The fourth-order valence-corrected chi connectivity index (χ4v) is 2.16. The molecule has 0 aromatic heterocycles. The van der Waals surface area contributed by atoms with Crippen LogP contribution in [0, 0.1) is 0 Å². The van der Waals surface area contributed by atoms with Crippen molar-refractivity contribution in [1.82, 2.24) is 5.32 Å². The summed E-state index contributed by atoms with van der Waals surface area (Å²) in [5, 5.41) is 2.94. The predicted molar refractivity (Wildman–Crippen MR) is 87.2 cm³/mol. The summed E-state index contributed by atoms with van der Waals surface area (Å²) in [5.41, 5.74) is 0.326. The molecular weight excluding hydrogens is 278 g/mol. The number of carbonyl (C=O) groups excluding carboxylic acids is 1. The minimum absolute atomic E-state index is 0.288. The van der Waals surface area contributed by atoms with Gasteiger partial charge in [0.25, 0.3) is 0 Å². The second-order valence-corrected chi connectivity index (χ2v) is 6.80. The predicted octanol–water partition coefficient (Wildman–Crippen LogP) is 3.85. The van der Waals surface area contributed by atoms with E-state index in [4.69, 9.17) is 9.47 Å². The minimum atomic E-state index is -0.489. The van der Waals surface area contributed by atoms with E-state index in [-0.39, 0.29) is 11.6 Å². The Morgan fingerprint density at radius 1 is 1.36 bits per heavy atom. The van der Waals surface area contributed by atoms with Crippen LogP contribution >= 0.6 is 0 Å². The van der Waals surface area contributed by atoms with Gasteiger partial charge in [-0.2, -0.15) is 0 Å². The molecule has 0 heterocycles. The molecule has 0 atom stereocenters. The lowest BCUT2D eigenvalue weighted by Crippen LogP contribution is -2.44. The van der Waals surface area contributed by atoms with E-state index >= 15 is 0 Å². The number of ether oxygens (including phenoxy) is 2. The Balaban J connectivity index is 1.91. The fraction of sp³-hybridized carbons (Fsp3) is 0.500. The molecule has 1 N–H and O–H groups in total. The van der Waals surface area contributed by atoms with Crippen molar-refractivity contribution in [3.63, 3.8) is 0 Å². The number of amides is 1. The van der Waals surface area contributed by atoms with Gasteiger partial charge in [-0.15, -0.1) is 6.58 Å². The molecule has 4 nitrogen and oxygen atoms in total. The third-order valence-corrected chi connectivity index (χ3v) is 3.46. The Kier molecular flexibility index (Phi) is 4.79. The molecule has 120 valence electrons. The average Bonchev–Trinajstić information content (AvgIpc) is 3.16. The molecule has 0 aliphatic heterocycles. The Morgan fingerprint density at radius 2 is 2.05 bits per heavy atom. The summed E-state index contributed by atoms with van der Waals surface area (Å²) in [6, 6.07) is 7.90. The van der Waals surface area contributed by atoms with Crippen LogP contribution in [-0.2, 0) is 11.2 Å². The number of nitrogens with one attached hydrogen (secondary N) is 1. The molecule has 1 aliphatic rings. The van der Waals surface area contributed by atoms with Gasteiger partial charge in [0.05, 0.1) is 5.54 Å². The summed E-state index contributed by atoms with van der Waals surface area (Å²) in [6.45, 7) is 9.79. The molecule has 2 rings (SSSR count). The molecule has 22 heavy (non-hydrogen) atoms. The largest absolute Gasteiger partial charge is 0.491 e. The van der Waals surface area contributed by atoms with Gasteiger partial charge in [0.15, 0.2) is 0 Å². The van der Waals surface area contributed by atoms with E-state index in [0.29, 0.717) is 6.61 Å². The van der Waals surface area contributed by atoms with Crippen molar-refractivity contribution < 1.29 is 14.3 Å². The summed E-state index contributed by atoms with van der Waals surface area (Å²) < 4.78 is 11.2. The molecule has 4 heteroatoms. The first-order valence-corrected chi connectivity index (χ1v) is 7.66. The van der Waals surface area contributed by atoms with E-state index in [0.717, 1.165) is 30.6 Å². The highest BCUT2D eigenvalue weighted by Gasteiger charge is 2.46. The number of para-hydroxylation sites is 1. The average molecular weight is 303 g/mol. The van der Waals surface area contributed by atoms with Crippen LogP contribution in [0.15, 0.2) is 36.9 Å². The van der Waals surface area contributed by atoms with Gasteiger partial charge in [-0.1, -0.05) is 24.3 Å². The maximum atomic E-state index is 11.9. The first-order chi connectivity index (χ1) is 10.3. The number of rotatable bonds is 6. The normalized spacial score (nSPS) is 15.8. The fourth-order valence-electron chi connectivity index (χ4n) is 2.16. The summed E-state index contributed by atoms with van der Waals surface area (Å²) in [5.74, 6) is 0.847. The first-order valence-electron chi connectivity index (χ1n) is 7.66. The zero-order valence-corrected chi connectivity index (χ0v) is 13.6. The zero-order chi connectivity index (χ0) is 16.2. The lowest BCUT2D eigenvalue weighted by Gasteiger charge is -2.23. The summed E-state index contributed by atoms with van der Waals surface area (Å²) in [7, 11) is 0. The topological polar surface area (TPSA) is 47.6 Å². The lowest BCUT2D eigenvalue weighted by atomic mass is 10.1. The molecule has 0 saturated heterocycles. The van der Waals surface area contributed by atoms with Crippen LogP contribution in [0.3, 0.4) is 0 Å². The van der Waals surface area contributed by atoms with E-state index in [2.05, 4.69) is 11.9 Å². The maximum Gasteiger partial charge on any atom is 0.408 e. The lowest BCUT2D eigenvalue weighted by molar-refractivity contribution is 0.0477. The van der Waals surface area contributed by atoms with Gasteiger partial charge in [0.1, 0.15) is 18.0 Å². The highest BCUT2D eigenvalue weighted by atomic mass is 16.6. The van der Waals surface area contributed by atoms with E-state index in [1.165, 1.54) is 0 Å². The Labute approximate surface area is 132 Å². The van der Waals surface area contributed by atoms with Gasteiger partial charge in [-0.05, 0) is 51.7 Å². The van der Waals surface area contributed by atoms with Gasteiger partial charge < -0.3 is 14.8 Å². The molecule has 0 bridgehead atoms. The second kappa shape index (κ2) is 6.42. The van der Waals surface area contributed by atoms with Crippen LogP contribution in [0.1, 0.15) is 39.2 Å². The van der Waals surface area contributed by atoms with Gasteiger partial charge in [-0.3, -0.25) is 0 Å². The summed E-state index contributed by atoms with van der Waals surface area (Å²) in [6.07, 6.45) is 4.07. The molecule has 1 saturated carbocycles. The monoisotopic (exact) mass is 303 g/mol. The van der Waals surface area contributed by atoms with Gasteiger partial charge in [0, 0.05) is 0 Å². The van der Waals surface area contributed by atoms with Crippen molar-refractivity contribution >= 4 is 6.09 Å². The number of hydrogen-bond donors (Lipinski definition) is 1. The zero-order valence-electron chi connectivity index (χ0n) is 13.6. The van der Waals surface area contributed by atoms with Crippen molar-refractivity contribution in [1.29, 1.82) is 0 Å². The van der Waals surface area contributed by atoms with E-state index in [1.54, 1.807) is 0 Å². The molecule has 1 aromatic carbocycles. The third kappa shape index (κ3) is 4.79. The number of benzene rings is 1. The quantitative estimate of drug-likeness (QED) is 0.812. The van der Waals surface area contributed by atoms with Crippen LogP contribution in [0.2, 0.25) is 0 Å². The molecule has 1 aliphatic carbocycles. The van der Waals surface area contributed by atoms with E-state index < -0.39 is 5.60 Å². The number of carbonyl (C=O) groups is 1. The standard InChI is InChI=1S/C18H25NO3/c1-5-8-14-9-6-7-10-15(14)21-13-18(11-12-18)19-16(20)22-17(2,3)4/h5-7,9-10H,1,8,11-13H2,2-4H3,(H,19,20). The SMILES string of the molecule is C=CCc1ccccc1OCC1(NC(=O)OC(C)(C)C)CC1. The van der Waals surface area contributed by atoms with Crippen LogP contribution in [0.5, 0.6) is 5.75 Å².